The number of carboxylic acid groups (broad SMARTS) is 1. The van der Waals surface area contributed by atoms with Gasteiger partial charge in [-0.15, -0.1) is 0 Å². The molecule has 0 spiro atoms. The molecule has 1 aliphatic rings. The predicted molar refractivity (Wildman–Crippen MR) is 111 cm³/mol. The summed E-state index contributed by atoms with van der Waals surface area (Å²) in [6, 6.07) is -1.48. The first-order valence-electron chi connectivity index (χ1n) is 9.92. The standard InChI is InChI=1S/C17H29N9O5/c18-3-4-22-17-24-13(21)10-14(25-17)26(6-23-10)15-12(28)11(27)9(31-15)5-7(19)1-2-8(20)16(29)30/h6-9,11-12,15,27-28H,1-5,18-20H2,(H,29,30)(H3,21,22,24,25)/t7-,8-,9+,11+,12+,15+/m0/s1. The number of carboxylic acids is 1. The van der Waals surface area contributed by atoms with Gasteiger partial charge < -0.3 is 48.3 Å². The molecule has 14 nitrogen and oxygen atoms in total. The third kappa shape index (κ3) is 5.00. The molecule has 31 heavy (non-hydrogen) atoms. The number of hydrogen-bond acceptors (Lipinski definition) is 12. The molecule has 0 amide bonds. The number of aliphatic hydroxyl groups is 2. The third-order valence-electron chi connectivity index (χ3n) is 5.19. The molecule has 0 radical (unpaired) electrons. The molecule has 2 aromatic heterocycles. The van der Waals surface area contributed by atoms with Gasteiger partial charge >= 0.3 is 5.97 Å². The van der Waals surface area contributed by atoms with Crippen molar-refractivity contribution in [2.24, 2.45) is 17.2 Å². The largest absolute Gasteiger partial charge is 0.480 e. The second-order valence-electron chi connectivity index (χ2n) is 7.54. The number of nitrogens with zero attached hydrogens (tertiary/aromatic N) is 4. The average molecular weight is 439 g/mol. The molecule has 0 saturated carbocycles. The number of aromatic nitrogens is 4. The van der Waals surface area contributed by atoms with Crippen LogP contribution in [0, 0.1) is 0 Å². The minimum absolute atomic E-state index is 0.143. The lowest BCUT2D eigenvalue weighted by Gasteiger charge is -2.20. The number of rotatable bonds is 10. The first-order valence-corrected chi connectivity index (χ1v) is 9.92. The molecule has 0 bridgehead atoms. The summed E-state index contributed by atoms with van der Waals surface area (Å²) in [5, 5.41) is 32.8. The molecular weight excluding hydrogens is 410 g/mol. The summed E-state index contributed by atoms with van der Waals surface area (Å²) in [6.45, 7) is 0.808. The lowest BCUT2D eigenvalue weighted by atomic mass is 9.98. The Hall–Kier alpha value is -2.62. The van der Waals surface area contributed by atoms with Gasteiger partial charge in [-0.2, -0.15) is 9.97 Å². The maximum Gasteiger partial charge on any atom is 0.320 e. The zero-order chi connectivity index (χ0) is 22.7. The first-order chi connectivity index (χ1) is 14.7. The molecule has 0 aromatic carbocycles. The van der Waals surface area contributed by atoms with Crippen molar-refractivity contribution in [1.29, 1.82) is 0 Å². The van der Waals surface area contributed by atoms with Crippen LogP contribution in [0.2, 0.25) is 0 Å². The highest BCUT2D eigenvalue weighted by molar-refractivity contribution is 5.83. The third-order valence-corrected chi connectivity index (χ3v) is 5.19. The zero-order valence-electron chi connectivity index (χ0n) is 16.8. The van der Waals surface area contributed by atoms with Crippen molar-refractivity contribution in [2.45, 2.75) is 55.9 Å². The van der Waals surface area contributed by atoms with Gasteiger partial charge in [0, 0.05) is 19.1 Å². The molecule has 14 heteroatoms. The topological polar surface area (TPSA) is 247 Å². The molecule has 1 aliphatic heterocycles. The summed E-state index contributed by atoms with van der Waals surface area (Å²) in [6.07, 6.45) is -2.12. The summed E-state index contributed by atoms with van der Waals surface area (Å²) in [5.74, 6) is -0.711. The van der Waals surface area contributed by atoms with E-state index in [4.69, 9.17) is 32.8 Å². The maximum atomic E-state index is 10.8. The summed E-state index contributed by atoms with van der Waals surface area (Å²) < 4.78 is 7.35. The molecule has 12 N–H and O–H groups in total. The second kappa shape index (κ2) is 9.67. The summed E-state index contributed by atoms with van der Waals surface area (Å²) >= 11 is 0. The summed E-state index contributed by atoms with van der Waals surface area (Å²) in [4.78, 5) is 23.5. The highest BCUT2D eigenvalue weighted by Gasteiger charge is 2.44. The van der Waals surface area contributed by atoms with Crippen molar-refractivity contribution in [3.05, 3.63) is 6.33 Å². The van der Waals surface area contributed by atoms with E-state index < -0.39 is 42.6 Å². The molecule has 172 valence electrons. The SMILES string of the molecule is NCCNc1nc(N)c2ncn([C@@H]3O[C@H](C[C@@H](N)CC[C@H](N)C(=O)O)[C@@H](O)[C@H]3O)c2n1. The maximum absolute atomic E-state index is 10.8. The highest BCUT2D eigenvalue weighted by atomic mass is 16.6. The second-order valence-corrected chi connectivity index (χ2v) is 7.54. The van der Waals surface area contributed by atoms with Gasteiger partial charge in [0.1, 0.15) is 23.8 Å². The van der Waals surface area contributed by atoms with E-state index in [0.29, 0.717) is 30.7 Å². The van der Waals surface area contributed by atoms with Gasteiger partial charge in [0.15, 0.2) is 17.7 Å². The Kier molecular flexibility index (Phi) is 7.19. The first kappa shape index (κ1) is 23.1. The molecule has 3 rings (SSSR count). The van der Waals surface area contributed by atoms with Gasteiger partial charge in [0.25, 0.3) is 0 Å². The van der Waals surface area contributed by atoms with Gasteiger partial charge in [0.2, 0.25) is 5.95 Å². The smallest absolute Gasteiger partial charge is 0.320 e. The number of aliphatic hydroxyl groups excluding tert-OH is 2. The molecule has 2 aromatic rings. The van der Waals surface area contributed by atoms with Crippen molar-refractivity contribution >= 4 is 28.9 Å². The van der Waals surface area contributed by atoms with Crippen LogP contribution in [0.5, 0.6) is 0 Å². The van der Waals surface area contributed by atoms with Crippen molar-refractivity contribution in [1.82, 2.24) is 19.5 Å². The Balaban J connectivity index is 1.74. The fourth-order valence-corrected chi connectivity index (χ4v) is 3.47. The predicted octanol–water partition coefficient (Wildman–Crippen LogP) is -2.69. The van der Waals surface area contributed by atoms with E-state index in [2.05, 4.69) is 20.3 Å². The van der Waals surface area contributed by atoms with Crippen LogP contribution in [0.1, 0.15) is 25.5 Å². The number of fused-ring (bicyclic) bond motifs is 1. The fraction of sp³-hybridized carbons (Fsp3) is 0.647. The molecule has 0 aliphatic carbocycles. The number of hydrogen-bond donors (Lipinski definition) is 8. The number of nitrogens with one attached hydrogen (secondary N) is 1. The molecule has 6 atom stereocenters. The zero-order valence-corrected chi connectivity index (χ0v) is 16.8. The number of anilines is 2. The van der Waals surface area contributed by atoms with Crippen molar-refractivity contribution in [2.75, 3.05) is 24.1 Å². The molecule has 3 heterocycles. The van der Waals surface area contributed by atoms with Gasteiger partial charge in [-0.1, -0.05) is 0 Å². The lowest BCUT2D eigenvalue weighted by molar-refractivity contribution is -0.138. The van der Waals surface area contributed by atoms with Gasteiger partial charge in [-0.25, -0.2) is 4.98 Å². The van der Waals surface area contributed by atoms with E-state index in [1.54, 1.807) is 0 Å². The number of aliphatic carboxylic acids is 1. The molecule has 1 saturated heterocycles. The number of ether oxygens (including phenoxy) is 1. The number of nitrogen functional groups attached to an aromatic ring is 1. The van der Waals surface area contributed by atoms with Crippen LogP contribution in [0.25, 0.3) is 11.2 Å². The number of imidazole rings is 1. The average Bonchev–Trinajstić information content (AvgIpc) is 3.27. The van der Waals surface area contributed by atoms with Crippen LogP contribution in [0.4, 0.5) is 11.8 Å². The molecular formula is C17H29N9O5. The van der Waals surface area contributed by atoms with E-state index in [-0.39, 0.29) is 24.6 Å². The van der Waals surface area contributed by atoms with Crippen LogP contribution in [-0.2, 0) is 9.53 Å². The van der Waals surface area contributed by atoms with E-state index in [1.807, 2.05) is 0 Å². The van der Waals surface area contributed by atoms with Crippen LogP contribution in [-0.4, -0.2) is 84.3 Å². The molecule has 0 unspecified atom stereocenters. The number of carbonyl (C=O) groups is 1. The van der Waals surface area contributed by atoms with Crippen molar-refractivity contribution < 1.29 is 24.9 Å². The Morgan fingerprint density at radius 2 is 2.00 bits per heavy atom. The van der Waals surface area contributed by atoms with Gasteiger partial charge in [-0.05, 0) is 19.3 Å². The lowest BCUT2D eigenvalue weighted by Crippen LogP contribution is -2.37. The Labute approximate surface area is 177 Å². The quantitative estimate of drug-likeness (QED) is 0.188. The van der Waals surface area contributed by atoms with Crippen molar-refractivity contribution in [3.8, 4) is 0 Å². The fourth-order valence-electron chi connectivity index (χ4n) is 3.47. The van der Waals surface area contributed by atoms with E-state index in [9.17, 15) is 15.0 Å². The Bertz CT molecular complexity index is 909. The van der Waals surface area contributed by atoms with E-state index in [1.165, 1.54) is 10.9 Å². The number of nitrogens with two attached hydrogens (primary N) is 4. The van der Waals surface area contributed by atoms with Crippen LogP contribution in [0.3, 0.4) is 0 Å². The van der Waals surface area contributed by atoms with Crippen molar-refractivity contribution in [3.63, 3.8) is 0 Å². The van der Waals surface area contributed by atoms with Crippen LogP contribution in [0.15, 0.2) is 6.33 Å². The minimum Gasteiger partial charge on any atom is -0.480 e. The van der Waals surface area contributed by atoms with Crippen LogP contribution < -0.4 is 28.3 Å². The Morgan fingerprint density at radius 1 is 1.26 bits per heavy atom. The monoisotopic (exact) mass is 439 g/mol. The van der Waals surface area contributed by atoms with Crippen LogP contribution >= 0.6 is 0 Å². The molecule has 1 fully saturated rings. The summed E-state index contributed by atoms with van der Waals surface area (Å²) in [5.41, 5.74) is 23.6. The highest BCUT2D eigenvalue weighted by Crippen LogP contribution is 2.34. The normalized spacial score (nSPS) is 25.6. The minimum atomic E-state index is -1.27. The van der Waals surface area contributed by atoms with E-state index >= 15 is 0 Å². The van der Waals surface area contributed by atoms with Gasteiger partial charge in [-0.3, -0.25) is 9.36 Å². The Morgan fingerprint density at radius 3 is 2.68 bits per heavy atom. The van der Waals surface area contributed by atoms with Gasteiger partial charge in [0.05, 0.1) is 12.4 Å². The van der Waals surface area contributed by atoms with E-state index in [0.717, 1.165) is 0 Å². The summed E-state index contributed by atoms with van der Waals surface area (Å²) in [7, 11) is 0.